The maximum Gasteiger partial charge on any atom is 0.230 e. The van der Waals surface area contributed by atoms with E-state index in [1.807, 2.05) is 13.8 Å². The van der Waals surface area contributed by atoms with Gasteiger partial charge in [0.15, 0.2) is 0 Å². The predicted molar refractivity (Wildman–Crippen MR) is 69.6 cm³/mol. The smallest absolute Gasteiger partial charge is 0.230 e. The first-order valence-corrected chi connectivity index (χ1v) is 6.36. The van der Waals surface area contributed by atoms with Crippen LogP contribution in [0.5, 0.6) is 5.75 Å². The molecule has 18 heavy (non-hydrogen) atoms. The fourth-order valence-corrected chi connectivity index (χ4v) is 2.30. The highest BCUT2D eigenvalue weighted by Gasteiger charge is 2.30. The largest absolute Gasteiger partial charge is 0.508 e. The average Bonchev–Trinajstić information content (AvgIpc) is 2.77. The Bertz CT molecular complexity index is 445. The molecule has 0 radical (unpaired) electrons. The van der Waals surface area contributed by atoms with E-state index in [1.165, 1.54) is 0 Å². The molecule has 1 heterocycles. The molecule has 1 amide bonds. The third kappa shape index (κ3) is 2.64. The summed E-state index contributed by atoms with van der Waals surface area (Å²) in [6.07, 6.45) is 1.51. The van der Waals surface area contributed by atoms with Crippen molar-refractivity contribution in [2.45, 2.75) is 32.8 Å². The van der Waals surface area contributed by atoms with Crippen LogP contribution in [0, 0.1) is 5.92 Å². The lowest BCUT2D eigenvalue weighted by Gasteiger charge is -2.16. The Morgan fingerprint density at radius 3 is 2.94 bits per heavy atom. The van der Waals surface area contributed by atoms with Gasteiger partial charge in [-0.05, 0) is 43.5 Å². The number of phenols is 1. The monoisotopic (exact) mass is 249 g/mol. The van der Waals surface area contributed by atoms with Crippen LogP contribution < -0.4 is 5.32 Å². The van der Waals surface area contributed by atoms with Gasteiger partial charge in [-0.2, -0.15) is 0 Å². The normalized spacial score (nSPS) is 23.0. The Morgan fingerprint density at radius 1 is 1.56 bits per heavy atom. The predicted octanol–water partition coefficient (Wildman–Crippen LogP) is 2.32. The fourth-order valence-electron chi connectivity index (χ4n) is 2.30. The van der Waals surface area contributed by atoms with Crippen molar-refractivity contribution in [1.82, 2.24) is 0 Å². The van der Waals surface area contributed by atoms with E-state index in [2.05, 4.69) is 5.32 Å². The van der Waals surface area contributed by atoms with E-state index in [9.17, 15) is 9.90 Å². The number of nitrogens with one attached hydrogen (secondary N) is 1. The first kappa shape index (κ1) is 12.9. The summed E-state index contributed by atoms with van der Waals surface area (Å²) in [5, 5.41) is 12.4. The van der Waals surface area contributed by atoms with E-state index >= 15 is 0 Å². The summed E-state index contributed by atoms with van der Waals surface area (Å²) in [4.78, 5) is 12.1. The summed E-state index contributed by atoms with van der Waals surface area (Å²) in [6, 6.07) is 5.01. The maximum atomic E-state index is 12.1. The van der Waals surface area contributed by atoms with Crippen LogP contribution in [-0.4, -0.2) is 23.7 Å². The number of rotatable bonds is 3. The number of anilines is 1. The van der Waals surface area contributed by atoms with Crippen LogP contribution in [0.25, 0.3) is 0 Å². The minimum Gasteiger partial charge on any atom is -0.508 e. The number of carbonyl (C=O) groups excluding carboxylic acids is 1. The molecule has 0 saturated carbocycles. The molecular weight excluding hydrogens is 230 g/mol. The lowest BCUT2D eigenvalue weighted by Crippen LogP contribution is -2.28. The first-order chi connectivity index (χ1) is 8.61. The molecular formula is C14H19NO3. The van der Waals surface area contributed by atoms with Gasteiger partial charge in [0.05, 0.1) is 12.0 Å². The zero-order valence-corrected chi connectivity index (χ0v) is 10.8. The second kappa shape index (κ2) is 5.40. The minimum atomic E-state index is -0.0801. The number of carbonyl (C=O) groups is 1. The molecule has 1 fully saturated rings. The second-order valence-corrected chi connectivity index (χ2v) is 4.66. The van der Waals surface area contributed by atoms with Crippen molar-refractivity contribution in [3.8, 4) is 5.75 Å². The van der Waals surface area contributed by atoms with Crippen LogP contribution in [0.2, 0.25) is 0 Å². The Labute approximate surface area is 107 Å². The van der Waals surface area contributed by atoms with E-state index in [1.54, 1.807) is 18.2 Å². The van der Waals surface area contributed by atoms with E-state index in [0.29, 0.717) is 6.61 Å². The van der Waals surface area contributed by atoms with Gasteiger partial charge in [0, 0.05) is 12.3 Å². The number of aromatic hydroxyl groups is 1. The molecule has 1 aliphatic heterocycles. The van der Waals surface area contributed by atoms with Crippen molar-refractivity contribution in [2.24, 2.45) is 5.92 Å². The Morgan fingerprint density at radius 2 is 2.33 bits per heavy atom. The molecule has 2 N–H and O–H groups in total. The minimum absolute atomic E-state index is 0.000361. The molecule has 1 aliphatic rings. The summed E-state index contributed by atoms with van der Waals surface area (Å²) < 4.78 is 5.40. The highest BCUT2D eigenvalue weighted by atomic mass is 16.5. The van der Waals surface area contributed by atoms with Crippen LogP contribution in [0.4, 0.5) is 5.69 Å². The lowest BCUT2D eigenvalue weighted by atomic mass is 10.0. The summed E-state index contributed by atoms with van der Waals surface area (Å²) in [5.41, 5.74) is 1.72. The van der Waals surface area contributed by atoms with Gasteiger partial charge >= 0.3 is 0 Å². The van der Waals surface area contributed by atoms with Crippen molar-refractivity contribution in [3.63, 3.8) is 0 Å². The Kier molecular flexibility index (Phi) is 3.87. The SMILES string of the molecule is CCc1cc(O)ccc1NC(=O)[C@@H]1CCO[C@H]1C. The topological polar surface area (TPSA) is 58.6 Å². The highest BCUT2D eigenvalue weighted by molar-refractivity contribution is 5.93. The van der Waals surface area contributed by atoms with E-state index < -0.39 is 0 Å². The summed E-state index contributed by atoms with van der Waals surface area (Å²) in [6.45, 7) is 4.57. The van der Waals surface area contributed by atoms with Gasteiger partial charge in [-0.25, -0.2) is 0 Å². The first-order valence-electron chi connectivity index (χ1n) is 6.36. The lowest BCUT2D eigenvalue weighted by molar-refractivity contribution is -0.121. The van der Waals surface area contributed by atoms with Gasteiger partial charge < -0.3 is 15.2 Å². The quantitative estimate of drug-likeness (QED) is 0.808. The molecule has 1 aromatic rings. The summed E-state index contributed by atoms with van der Waals surface area (Å²) in [7, 11) is 0. The molecule has 1 saturated heterocycles. The van der Waals surface area contributed by atoms with Crippen molar-refractivity contribution in [2.75, 3.05) is 11.9 Å². The van der Waals surface area contributed by atoms with Gasteiger partial charge in [-0.15, -0.1) is 0 Å². The van der Waals surface area contributed by atoms with Crippen LogP contribution in [0.3, 0.4) is 0 Å². The number of amides is 1. The van der Waals surface area contributed by atoms with Gasteiger partial charge in [0.25, 0.3) is 0 Å². The summed E-state index contributed by atoms with van der Waals surface area (Å²) >= 11 is 0. The van der Waals surface area contributed by atoms with Crippen molar-refractivity contribution in [1.29, 1.82) is 0 Å². The molecule has 98 valence electrons. The average molecular weight is 249 g/mol. The van der Waals surface area contributed by atoms with Gasteiger partial charge in [0.2, 0.25) is 5.91 Å². The molecule has 2 rings (SSSR count). The molecule has 4 nitrogen and oxygen atoms in total. The van der Waals surface area contributed by atoms with E-state index in [0.717, 1.165) is 24.1 Å². The van der Waals surface area contributed by atoms with Crippen LogP contribution >= 0.6 is 0 Å². The maximum absolute atomic E-state index is 12.1. The van der Waals surface area contributed by atoms with E-state index in [4.69, 9.17) is 4.74 Å². The zero-order chi connectivity index (χ0) is 13.1. The molecule has 0 spiro atoms. The number of hydrogen-bond acceptors (Lipinski definition) is 3. The fraction of sp³-hybridized carbons (Fsp3) is 0.500. The molecule has 1 aromatic carbocycles. The summed E-state index contributed by atoms with van der Waals surface area (Å²) in [5.74, 6) is 0.145. The van der Waals surface area contributed by atoms with Crippen molar-refractivity contribution >= 4 is 11.6 Å². The van der Waals surface area contributed by atoms with Crippen molar-refractivity contribution < 1.29 is 14.6 Å². The third-order valence-electron chi connectivity index (χ3n) is 3.44. The highest BCUT2D eigenvalue weighted by Crippen LogP contribution is 2.25. The number of benzene rings is 1. The third-order valence-corrected chi connectivity index (χ3v) is 3.44. The van der Waals surface area contributed by atoms with E-state index in [-0.39, 0.29) is 23.7 Å². The number of hydrogen-bond donors (Lipinski definition) is 2. The molecule has 0 aromatic heterocycles. The standard InChI is InChI=1S/C14H19NO3/c1-3-10-8-11(16)4-5-13(10)15-14(17)12-6-7-18-9(12)2/h4-5,8-9,12,16H,3,6-7H2,1-2H3,(H,15,17)/t9-,12+/m0/s1. The Hall–Kier alpha value is -1.55. The van der Waals surface area contributed by atoms with Crippen LogP contribution in [-0.2, 0) is 16.0 Å². The zero-order valence-electron chi connectivity index (χ0n) is 10.8. The van der Waals surface area contributed by atoms with Crippen LogP contribution in [0.15, 0.2) is 18.2 Å². The Balaban J connectivity index is 2.11. The number of aryl methyl sites for hydroxylation is 1. The van der Waals surface area contributed by atoms with Crippen LogP contribution in [0.1, 0.15) is 25.8 Å². The number of phenolic OH excluding ortho intramolecular Hbond substituents is 1. The molecule has 0 bridgehead atoms. The van der Waals surface area contributed by atoms with Gasteiger partial charge in [0.1, 0.15) is 5.75 Å². The number of ether oxygens (including phenoxy) is 1. The van der Waals surface area contributed by atoms with Crippen molar-refractivity contribution in [3.05, 3.63) is 23.8 Å². The molecule has 2 atom stereocenters. The molecule has 4 heteroatoms. The van der Waals surface area contributed by atoms with Gasteiger partial charge in [-0.1, -0.05) is 6.92 Å². The van der Waals surface area contributed by atoms with Gasteiger partial charge in [-0.3, -0.25) is 4.79 Å². The molecule has 0 aliphatic carbocycles. The second-order valence-electron chi connectivity index (χ2n) is 4.66. The molecule has 0 unspecified atom stereocenters.